The monoisotopic (exact) mass is 345 g/mol. The first-order valence-corrected chi connectivity index (χ1v) is 8.67. The highest BCUT2D eigenvalue weighted by atomic mass is 16.2. The molecule has 1 N–H and O–H groups in total. The van der Waals surface area contributed by atoms with Crippen LogP contribution in [0.25, 0.3) is 0 Å². The van der Waals surface area contributed by atoms with Gasteiger partial charge in [-0.25, -0.2) is 0 Å². The van der Waals surface area contributed by atoms with Gasteiger partial charge >= 0.3 is 0 Å². The molecule has 2 unspecified atom stereocenters. The molecule has 2 atom stereocenters. The van der Waals surface area contributed by atoms with E-state index in [1.54, 1.807) is 19.0 Å². The Morgan fingerprint density at radius 1 is 1.24 bits per heavy atom. The number of carbonyl (C=O) groups is 3. The lowest BCUT2D eigenvalue weighted by Crippen LogP contribution is -2.49. The van der Waals surface area contributed by atoms with E-state index >= 15 is 0 Å². The zero-order valence-corrected chi connectivity index (χ0v) is 15.2. The topological polar surface area (TPSA) is 69.7 Å². The second kappa shape index (κ2) is 8.76. The number of hydrogen-bond donors (Lipinski definition) is 1. The number of carbonyl (C=O) groups excluding carboxylic acids is 3. The number of hydrogen-bond acceptors (Lipinski definition) is 4. The minimum atomic E-state index is -0.541. The van der Waals surface area contributed by atoms with E-state index in [-0.39, 0.29) is 30.2 Å². The van der Waals surface area contributed by atoms with Crippen LogP contribution in [0.2, 0.25) is 0 Å². The lowest BCUT2D eigenvalue weighted by atomic mass is 10.0. The molecular weight excluding hydrogens is 318 g/mol. The molecule has 6 heteroatoms. The third-order valence-electron chi connectivity index (χ3n) is 4.54. The molecule has 0 radical (unpaired) electrons. The Hall–Kier alpha value is -2.21. The van der Waals surface area contributed by atoms with E-state index in [4.69, 9.17) is 0 Å². The van der Waals surface area contributed by atoms with E-state index in [0.717, 1.165) is 24.9 Å². The van der Waals surface area contributed by atoms with Gasteiger partial charge in [0.15, 0.2) is 5.78 Å². The van der Waals surface area contributed by atoms with Gasteiger partial charge in [-0.3, -0.25) is 19.3 Å². The molecular formula is C19H27N3O3. The maximum Gasteiger partial charge on any atom is 0.239 e. The number of nitrogens with zero attached hydrogens (tertiary/aromatic N) is 2. The molecule has 1 aromatic carbocycles. The van der Waals surface area contributed by atoms with Crippen molar-refractivity contribution in [3.63, 3.8) is 0 Å². The van der Waals surface area contributed by atoms with Crippen LogP contribution in [0.1, 0.15) is 25.3 Å². The van der Waals surface area contributed by atoms with Crippen LogP contribution in [-0.4, -0.2) is 66.7 Å². The third-order valence-corrected chi connectivity index (χ3v) is 4.54. The fourth-order valence-electron chi connectivity index (χ4n) is 3.16. The van der Waals surface area contributed by atoms with Crippen LogP contribution in [0, 0.1) is 0 Å². The van der Waals surface area contributed by atoms with Crippen LogP contribution in [-0.2, 0) is 20.8 Å². The largest absolute Gasteiger partial charge is 0.347 e. The molecule has 0 spiro atoms. The molecule has 2 amide bonds. The van der Waals surface area contributed by atoms with E-state index < -0.39 is 6.04 Å². The fourth-order valence-corrected chi connectivity index (χ4v) is 3.16. The minimum Gasteiger partial charge on any atom is -0.347 e. The number of ketones is 1. The highest BCUT2D eigenvalue weighted by molar-refractivity contribution is 5.89. The first-order chi connectivity index (χ1) is 11.9. The number of likely N-dealkylation sites (N-methyl/N-ethyl adjacent to an activating group) is 1. The number of benzene rings is 1. The summed E-state index contributed by atoms with van der Waals surface area (Å²) in [6.45, 7) is 2.35. The lowest BCUT2D eigenvalue weighted by molar-refractivity contribution is -0.135. The van der Waals surface area contributed by atoms with E-state index in [1.165, 1.54) is 6.92 Å². The molecule has 0 bridgehead atoms. The molecule has 1 heterocycles. The van der Waals surface area contributed by atoms with Crippen LogP contribution in [0.15, 0.2) is 30.3 Å². The number of nitrogens with one attached hydrogen (secondary N) is 1. The summed E-state index contributed by atoms with van der Waals surface area (Å²) < 4.78 is 0. The molecule has 1 aliphatic heterocycles. The lowest BCUT2D eigenvalue weighted by Gasteiger charge is -2.26. The number of Topliss-reactive ketones (excluding diaryl/α,β-unsaturated/α-hetero) is 1. The normalized spacial score (nSPS) is 18.6. The molecule has 1 aliphatic rings. The number of rotatable bonds is 7. The quantitative estimate of drug-likeness (QED) is 0.796. The highest BCUT2D eigenvalue weighted by Gasteiger charge is 2.33. The van der Waals surface area contributed by atoms with Crippen molar-refractivity contribution in [2.75, 3.05) is 27.2 Å². The van der Waals surface area contributed by atoms with E-state index in [0.29, 0.717) is 6.42 Å². The second-order valence-corrected chi connectivity index (χ2v) is 6.78. The molecule has 2 rings (SSSR count). The van der Waals surface area contributed by atoms with Gasteiger partial charge in [-0.05, 0) is 38.3 Å². The van der Waals surface area contributed by atoms with Crippen LogP contribution >= 0.6 is 0 Å². The summed E-state index contributed by atoms with van der Waals surface area (Å²) in [6, 6.07) is 8.83. The molecule has 0 aromatic heterocycles. The van der Waals surface area contributed by atoms with Crippen molar-refractivity contribution >= 4 is 17.6 Å². The zero-order chi connectivity index (χ0) is 18.4. The van der Waals surface area contributed by atoms with Crippen molar-refractivity contribution in [1.29, 1.82) is 0 Å². The van der Waals surface area contributed by atoms with Crippen molar-refractivity contribution in [2.45, 2.75) is 38.3 Å². The Labute approximate surface area is 149 Å². The maximum absolute atomic E-state index is 12.4. The smallest absolute Gasteiger partial charge is 0.239 e. The van der Waals surface area contributed by atoms with Crippen LogP contribution in [0.4, 0.5) is 0 Å². The average molecular weight is 345 g/mol. The van der Waals surface area contributed by atoms with Crippen molar-refractivity contribution in [3.05, 3.63) is 35.9 Å². The summed E-state index contributed by atoms with van der Waals surface area (Å²) in [5, 5.41) is 2.83. The van der Waals surface area contributed by atoms with Gasteiger partial charge in [-0.2, -0.15) is 0 Å². The first kappa shape index (κ1) is 19.1. The third kappa shape index (κ3) is 5.39. The summed E-state index contributed by atoms with van der Waals surface area (Å²) >= 11 is 0. The van der Waals surface area contributed by atoms with Gasteiger partial charge in [0.25, 0.3) is 0 Å². The summed E-state index contributed by atoms with van der Waals surface area (Å²) in [5.41, 5.74) is 1.00. The highest BCUT2D eigenvalue weighted by Crippen LogP contribution is 2.18. The molecule has 1 fully saturated rings. The Kier molecular flexibility index (Phi) is 6.70. The van der Waals surface area contributed by atoms with Gasteiger partial charge in [-0.1, -0.05) is 30.3 Å². The van der Waals surface area contributed by atoms with Crippen LogP contribution in [0.3, 0.4) is 0 Å². The van der Waals surface area contributed by atoms with Crippen molar-refractivity contribution in [1.82, 2.24) is 15.1 Å². The Morgan fingerprint density at radius 2 is 1.92 bits per heavy atom. The van der Waals surface area contributed by atoms with Crippen LogP contribution in [0.5, 0.6) is 0 Å². The maximum atomic E-state index is 12.4. The van der Waals surface area contributed by atoms with Gasteiger partial charge in [-0.15, -0.1) is 0 Å². The molecule has 6 nitrogen and oxygen atoms in total. The Morgan fingerprint density at radius 3 is 2.52 bits per heavy atom. The molecule has 0 saturated carbocycles. The molecule has 1 saturated heterocycles. The molecule has 0 aliphatic carbocycles. The van der Waals surface area contributed by atoms with Gasteiger partial charge in [0, 0.05) is 14.1 Å². The van der Waals surface area contributed by atoms with Gasteiger partial charge in [0.1, 0.15) is 0 Å². The predicted octanol–water partition coefficient (Wildman–Crippen LogP) is 0.856. The summed E-state index contributed by atoms with van der Waals surface area (Å²) in [7, 11) is 3.45. The van der Waals surface area contributed by atoms with Crippen LogP contribution < -0.4 is 5.32 Å². The SMILES string of the molecule is CC(=O)C(Cc1ccccc1)NC(=O)CN1CCCC1C(=O)N(C)C. The van der Waals surface area contributed by atoms with Gasteiger partial charge in [0.05, 0.1) is 18.6 Å². The fraction of sp³-hybridized carbons (Fsp3) is 0.526. The Balaban J connectivity index is 1.94. The van der Waals surface area contributed by atoms with Crippen molar-refractivity contribution in [3.8, 4) is 0 Å². The summed E-state index contributed by atoms with van der Waals surface area (Å²) in [6.07, 6.45) is 2.14. The number of amides is 2. The standard InChI is InChI=1S/C19H27N3O3/c1-14(23)16(12-15-8-5-4-6-9-15)20-18(24)13-22-11-7-10-17(22)19(25)21(2)3/h4-6,8-9,16-17H,7,10-13H2,1-3H3,(H,20,24). The van der Waals surface area contributed by atoms with Crippen molar-refractivity contribution in [2.24, 2.45) is 0 Å². The van der Waals surface area contributed by atoms with Gasteiger partial charge in [0.2, 0.25) is 11.8 Å². The van der Waals surface area contributed by atoms with Crippen molar-refractivity contribution < 1.29 is 14.4 Å². The molecule has 136 valence electrons. The number of likely N-dealkylation sites (tertiary alicyclic amines) is 1. The average Bonchev–Trinajstić information content (AvgIpc) is 3.02. The molecule has 1 aromatic rings. The molecule has 25 heavy (non-hydrogen) atoms. The first-order valence-electron chi connectivity index (χ1n) is 8.67. The van der Waals surface area contributed by atoms with Gasteiger partial charge < -0.3 is 10.2 Å². The van der Waals surface area contributed by atoms with E-state index in [1.807, 2.05) is 35.2 Å². The van der Waals surface area contributed by atoms with E-state index in [9.17, 15) is 14.4 Å². The predicted molar refractivity (Wildman–Crippen MR) is 96.0 cm³/mol. The minimum absolute atomic E-state index is 0.0257. The summed E-state index contributed by atoms with van der Waals surface area (Å²) in [5.74, 6) is -0.258. The zero-order valence-electron chi connectivity index (χ0n) is 15.2. The second-order valence-electron chi connectivity index (χ2n) is 6.78. The Bertz CT molecular complexity index is 616. The van der Waals surface area contributed by atoms with E-state index in [2.05, 4.69) is 5.32 Å². The summed E-state index contributed by atoms with van der Waals surface area (Å²) in [4.78, 5) is 40.0.